The molecule has 1 aliphatic heterocycles. The molecular weight excluding hydrogens is 374 g/mol. The van der Waals surface area contributed by atoms with Crippen LogP contribution in [0, 0.1) is 20.8 Å². The molecule has 0 saturated carbocycles. The number of anilines is 2. The van der Waals surface area contributed by atoms with Crippen LogP contribution in [0.25, 0.3) is 0 Å². The molecule has 1 aromatic heterocycles. The first-order chi connectivity index (χ1) is 14.4. The standard InChI is InChI=1S/C25H25N3O2/c1-16-11-17(2)23(18(3)12-16)27-24(29)20-13-21(15-26-14-20)25(30)28-10-6-8-19-7-4-5-9-22(19)28/h4-5,7,9,11-15H,6,8,10H2,1-3H3,(H,27,29). The van der Waals surface area contributed by atoms with Crippen LogP contribution in [-0.2, 0) is 6.42 Å². The fourth-order valence-corrected chi connectivity index (χ4v) is 4.14. The van der Waals surface area contributed by atoms with Crippen molar-refractivity contribution in [2.75, 3.05) is 16.8 Å². The van der Waals surface area contributed by atoms with Crippen molar-refractivity contribution in [2.45, 2.75) is 33.6 Å². The van der Waals surface area contributed by atoms with Gasteiger partial charge in [0.25, 0.3) is 11.8 Å². The highest BCUT2D eigenvalue weighted by Gasteiger charge is 2.24. The fourth-order valence-electron chi connectivity index (χ4n) is 4.14. The van der Waals surface area contributed by atoms with Crippen LogP contribution in [-0.4, -0.2) is 23.3 Å². The number of hydrogen-bond acceptors (Lipinski definition) is 3. The predicted octanol–water partition coefficient (Wildman–Crippen LogP) is 4.85. The summed E-state index contributed by atoms with van der Waals surface area (Å²) in [7, 11) is 0. The number of nitrogens with zero attached hydrogens (tertiary/aromatic N) is 2. The monoisotopic (exact) mass is 399 g/mol. The van der Waals surface area contributed by atoms with E-state index in [1.165, 1.54) is 18.0 Å². The molecule has 0 bridgehead atoms. The van der Waals surface area contributed by atoms with E-state index in [1.807, 2.05) is 51.1 Å². The van der Waals surface area contributed by atoms with Crippen LogP contribution in [0.15, 0.2) is 54.9 Å². The molecule has 0 atom stereocenters. The van der Waals surface area contributed by atoms with Crippen molar-refractivity contribution in [3.05, 3.63) is 88.2 Å². The number of fused-ring (bicyclic) bond motifs is 1. The first-order valence-corrected chi connectivity index (χ1v) is 10.2. The molecule has 0 saturated heterocycles. The molecule has 1 N–H and O–H groups in total. The number of aromatic nitrogens is 1. The molecule has 0 unspecified atom stereocenters. The van der Waals surface area contributed by atoms with Gasteiger partial charge in [-0.1, -0.05) is 35.9 Å². The Bertz CT molecular complexity index is 1110. The second-order valence-electron chi connectivity index (χ2n) is 7.88. The van der Waals surface area contributed by atoms with E-state index in [4.69, 9.17) is 0 Å². The summed E-state index contributed by atoms with van der Waals surface area (Å²) in [4.78, 5) is 32.0. The molecule has 5 heteroatoms. The smallest absolute Gasteiger partial charge is 0.259 e. The SMILES string of the molecule is Cc1cc(C)c(NC(=O)c2cncc(C(=O)N3CCCc4ccccc43)c2)c(C)c1. The number of rotatable bonds is 3. The van der Waals surface area contributed by atoms with E-state index in [9.17, 15) is 9.59 Å². The second-order valence-corrected chi connectivity index (χ2v) is 7.88. The number of nitrogens with one attached hydrogen (secondary N) is 1. The molecular formula is C25H25N3O2. The zero-order valence-electron chi connectivity index (χ0n) is 17.5. The summed E-state index contributed by atoms with van der Waals surface area (Å²) >= 11 is 0. The molecule has 2 heterocycles. The van der Waals surface area contributed by atoms with E-state index in [0.717, 1.165) is 40.9 Å². The first kappa shape index (κ1) is 19.8. The second kappa shape index (κ2) is 8.11. The highest BCUT2D eigenvalue weighted by molar-refractivity contribution is 6.10. The van der Waals surface area contributed by atoms with Crippen LogP contribution >= 0.6 is 0 Å². The van der Waals surface area contributed by atoms with Crippen LogP contribution in [0.2, 0.25) is 0 Å². The summed E-state index contributed by atoms with van der Waals surface area (Å²) in [5.74, 6) is -0.404. The van der Waals surface area contributed by atoms with Crippen LogP contribution < -0.4 is 10.2 Å². The van der Waals surface area contributed by atoms with Crippen LogP contribution in [0.1, 0.15) is 49.4 Å². The summed E-state index contributed by atoms with van der Waals surface area (Å²) in [5.41, 5.74) is 6.85. The summed E-state index contributed by atoms with van der Waals surface area (Å²) in [6, 6.07) is 13.7. The lowest BCUT2D eigenvalue weighted by Crippen LogP contribution is -2.35. The highest BCUT2D eigenvalue weighted by atomic mass is 16.2. The van der Waals surface area contributed by atoms with E-state index >= 15 is 0 Å². The minimum absolute atomic E-state index is 0.132. The molecule has 152 valence electrons. The van der Waals surface area contributed by atoms with Gasteiger partial charge in [0, 0.05) is 30.3 Å². The van der Waals surface area contributed by atoms with Gasteiger partial charge in [-0.15, -0.1) is 0 Å². The normalized spacial score (nSPS) is 13.0. The minimum Gasteiger partial charge on any atom is -0.321 e. The van der Waals surface area contributed by atoms with Gasteiger partial charge >= 0.3 is 0 Å². The Morgan fingerprint density at radius 2 is 1.67 bits per heavy atom. The average Bonchev–Trinajstić information content (AvgIpc) is 2.75. The van der Waals surface area contributed by atoms with Crippen LogP contribution in [0.4, 0.5) is 11.4 Å². The molecule has 0 radical (unpaired) electrons. The van der Waals surface area contributed by atoms with Gasteiger partial charge in [-0.05, 0) is 62.4 Å². The largest absolute Gasteiger partial charge is 0.321 e. The third kappa shape index (κ3) is 3.83. The van der Waals surface area contributed by atoms with Crippen LogP contribution in [0.3, 0.4) is 0 Å². The van der Waals surface area contributed by atoms with E-state index in [2.05, 4.69) is 16.4 Å². The summed E-state index contributed by atoms with van der Waals surface area (Å²) < 4.78 is 0. The van der Waals surface area contributed by atoms with Crippen molar-refractivity contribution in [1.82, 2.24) is 4.98 Å². The van der Waals surface area contributed by atoms with Crippen LogP contribution in [0.5, 0.6) is 0 Å². The zero-order valence-corrected chi connectivity index (χ0v) is 17.5. The maximum Gasteiger partial charge on any atom is 0.259 e. The highest BCUT2D eigenvalue weighted by Crippen LogP contribution is 2.28. The molecule has 4 rings (SSSR count). The molecule has 0 fully saturated rings. The maximum atomic E-state index is 13.2. The van der Waals surface area contributed by atoms with E-state index in [0.29, 0.717) is 17.7 Å². The molecule has 0 aliphatic carbocycles. The third-order valence-corrected chi connectivity index (χ3v) is 5.52. The lowest BCUT2D eigenvalue weighted by Gasteiger charge is -2.29. The van der Waals surface area contributed by atoms with Gasteiger partial charge in [0.05, 0.1) is 11.1 Å². The number of carbonyl (C=O) groups excluding carboxylic acids is 2. The summed E-state index contributed by atoms with van der Waals surface area (Å²) in [6.45, 7) is 6.64. The number of amides is 2. The van der Waals surface area contributed by atoms with E-state index in [1.54, 1.807) is 11.0 Å². The topological polar surface area (TPSA) is 62.3 Å². The number of carbonyl (C=O) groups is 2. The molecule has 30 heavy (non-hydrogen) atoms. The van der Waals surface area contributed by atoms with Gasteiger partial charge in [-0.2, -0.15) is 0 Å². The number of pyridine rings is 1. The minimum atomic E-state index is -0.272. The molecule has 0 spiro atoms. The lowest BCUT2D eigenvalue weighted by atomic mass is 10.0. The number of aryl methyl sites for hydroxylation is 4. The predicted molar refractivity (Wildman–Crippen MR) is 119 cm³/mol. The van der Waals surface area contributed by atoms with Crippen molar-refractivity contribution >= 4 is 23.2 Å². The van der Waals surface area contributed by atoms with Crippen molar-refractivity contribution in [2.24, 2.45) is 0 Å². The number of para-hydroxylation sites is 1. The maximum absolute atomic E-state index is 13.2. The zero-order chi connectivity index (χ0) is 21.3. The Kier molecular flexibility index (Phi) is 5.36. The van der Waals surface area contributed by atoms with Gasteiger partial charge < -0.3 is 10.2 Å². The number of benzene rings is 2. The van der Waals surface area contributed by atoms with Crippen molar-refractivity contribution in [3.63, 3.8) is 0 Å². The van der Waals surface area contributed by atoms with Gasteiger partial charge in [0.2, 0.25) is 0 Å². The van der Waals surface area contributed by atoms with Gasteiger partial charge in [0.1, 0.15) is 0 Å². The van der Waals surface area contributed by atoms with E-state index < -0.39 is 0 Å². The van der Waals surface area contributed by atoms with Gasteiger partial charge in [-0.3, -0.25) is 14.6 Å². The molecule has 5 nitrogen and oxygen atoms in total. The van der Waals surface area contributed by atoms with Crippen molar-refractivity contribution < 1.29 is 9.59 Å². The van der Waals surface area contributed by atoms with Gasteiger partial charge in [-0.25, -0.2) is 0 Å². The van der Waals surface area contributed by atoms with E-state index in [-0.39, 0.29) is 11.8 Å². The van der Waals surface area contributed by atoms with Crippen molar-refractivity contribution in [3.8, 4) is 0 Å². The first-order valence-electron chi connectivity index (χ1n) is 10.2. The Labute approximate surface area is 176 Å². The van der Waals surface area contributed by atoms with Crippen molar-refractivity contribution in [1.29, 1.82) is 0 Å². The molecule has 1 aliphatic rings. The molecule has 2 aromatic carbocycles. The molecule has 3 aromatic rings. The number of hydrogen-bond donors (Lipinski definition) is 1. The third-order valence-electron chi connectivity index (χ3n) is 5.52. The Balaban J connectivity index is 1.59. The summed E-state index contributed by atoms with van der Waals surface area (Å²) in [5, 5.41) is 2.98. The fraction of sp³-hybridized carbons (Fsp3) is 0.240. The Hall–Kier alpha value is -3.47. The quantitative estimate of drug-likeness (QED) is 0.685. The Morgan fingerprint density at radius 1 is 0.967 bits per heavy atom. The lowest BCUT2D eigenvalue weighted by molar-refractivity contribution is 0.0984. The Morgan fingerprint density at radius 3 is 2.43 bits per heavy atom. The average molecular weight is 399 g/mol. The molecule has 2 amide bonds. The van der Waals surface area contributed by atoms with Gasteiger partial charge in [0.15, 0.2) is 0 Å². The summed E-state index contributed by atoms with van der Waals surface area (Å²) in [6.07, 6.45) is 4.91.